The van der Waals surface area contributed by atoms with Gasteiger partial charge in [0.2, 0.25) is 0 Å². The molecule has 4 aliphatic rings. The van der Waals surface area contributed by atoms with Gasteiger partial charge in [0, 0.05) is 22.4 Å². The molecule has 8 aromatic carbocycles. The molecule has 0 spiro atoms. The van der Waals surface area contributed by atoms with Crippen LogP contribution < -0.4 is 4.90 Å². The fourth-order valence-corrected chi connectivity index (χ4v) is 13.0. The molecule has 0 amide bonds. The Morgan fingerprint density at radius 3 is 1.71 bits per heavy atom. The van der Waals surface area contributed by atoms with E-state index in [1.54, 1.807) is 0 Å². The molecule has 0 aliphatic heterocycles. The second-order valence-corrected chi connectivity index (χ2v) is 21.3. The molecule has 320 valence electrons. The first kappa shape index (κ1) is 40.1. The average molecular weight is 842 g/mol. The van der Waals surface area contributed by atoms with Crippen LogP contribution in [0.4, 0.5) is 17.1 Å². The lowest BCUT2D eigenvalue weighted by Gasteiger charge is -2.43. The van der Waals surface area contributed by atoms with Crippen LogP contribution in [0.25, 0.3) is 33.4 Å². The van der Waals surface area contributed by atoms with Crippen molar-refractivity contribution in [2.24, 2.45) is 0 Å². The molecular formula is C64H59N. The maximum Gasteiger partial charge on any atom is 0.0714 e. The molecule has 8 aromatic rings. The first-order valence-electron chi connectivity index (χ1n) is 24.2. The number of aryl methyl sites for hydroxylation is 1. The van der Waals surface area contributed by atoms with Crippen LogP contribution in [-0.4, -0.2) is 0 Å². The van der Waals surface area contributed by atoms with E-state index in [1.165, 1.54) is 125 Å². The zero-order valence-corrected chi connectivity index (χ0v) is 38.9. The lowest BCUT2D eigenvalue weighted by atomic mass is 9.61. The molecule has 4 aliphatic carbocycles. The smallest absolute Gasteiger partial charge is 0.0714 e. The van der Waals surface area contributed by atoms with Gasteiger partial charge in [0.15, 0.2) is 0 Å². The van der Waals surface area contributed by atoms with E-state index < -0.39 is 5.41 Å². The monoisotopic (exact) mass is 841 g/mol. The molecule has 0 aromatic heterocycles. The molecule has 65 heavy (non-hydrogen) atoms. The molecule has 0 heterocycles. The minimum atomic E-state index is -0.539. The number of fused-ring (bicyclic) bond motifs is 8. The number of hydrogen-bond donors (Lipinski definition) is 0. The van der Waals surface area contributed by atoms with Crippen molar-refractivity contribution in [1.82, 2.24) is 0 Å². The van der Waals surface area contributed by atoms with Gasteiger partial charge in [-0.25, -0.2) is 0 Å². The van der Waals surface area contributed by atoms with Crippen molar-refractivity contribution in [3.05, 3.63) is 232 Å². The summed E-state index contributed by atoms with van der Waals surface area (Å²) < 4.78 is 0. The van der Waals surface area contributed by atoms with Crippen LogP contribution >= 0.6 is 0 Å². The lowest BCUT2D eigenvalue weighted by molar-refractivity contribution is 0.333. The highest BCUT2D eigenvalue weighted by molar-refractivity contribution is 5.98. The maximum absolute atomic E-state index is 2.71. The van der Waals surface area contributed by atoms with Gasteiger partial charge >= 0.3 is 0 Å². The lowest BCUT2D eigenvalue weighted by Crippen LogP contribution is -2.34. The Balaban J connectivity index is 1.24. The van der Waals surface area contributed by atoms with Crippen LogP contribution in [0.3, 0.4) is 0 Å². The Hall–Kier alpha value is -6.44. The van der Waals surface area contributed by atoms with Crippen LogP contribution in [0.2, 0.25) is 0 Å². The zero-order valence-electron chi connectivity index (χ0n) is 38.9. The highest BCUT2D eigenvalue weighted by Gasteiger charge is 2.48. The predicted molar refractivity (Wildman–Crippen MR) is 273 cm³/mol. The van der Waals surface area contributed by atoms with Gasteiger partial charge in [-0.2, -0.15) is 0 Å². The fraction of sp³-hybridized carbons (Fsp3) is 0.250. The SMILES string of the molecule is CC1(C)CCC(C)(C)c2c(-c3cc4c(cc3N(c3ccc5c(c3)C(C)(C)c3ccccc3-5)c3cccc5c3CCCC5)C(c3ccccc3)(c3ccccc3)c3ccccc3-4)cccc21. The molecule has 12 rings (SSSR count). The van der Waals surface area contributed by atoms with Gasteiger partial charge in [-0.1, -0.05) is 187 Å². The van der Waals surface area contributed by atoms with Crippen molar-refractivity contribution >= 4 is 17.1 Å². The molecule has 1 nitrogen and oxygen atoms in total. The van der Waals surface area contributed by atoms with E-state index in [0.717, 1.165) is 19.3 Å². The largest absolute Gasteiger partial charge is 0.310 e. The Kier molecular flexibility index (Phi) is 8.97. The number of nitrogens with zero attached hydrogens (tertiary/aromatic N) is 1. The van der Waals surface area contributed by atoms with E-state index in [4.69, 9.17) is 0 Å². The molecule has 0 radical (unpaired) electrons. The van der Waals surface area contributed by atoms with Gasteiger partial charge in [-0.3, -0.25) is 0 Å². The molecule has 0 saturated carbocycles. The molecule has 0 fully saturated rings. The van der Waals surface area contributed by atoms with Crippen molar-refractivity contribution in [2.45, 2.75) is 102 Å². The summed E-state index contributed by atoms with van der Waals surface area (Å²) >= 11 is 0. The summed E-state index contributed by atoms with van der Waals surface area (Å²) in [6.07, 6.45) is 6.97. The highest BCUT2D eigenvalue weighted by Crippen LogP contribution is 2.61. The average Bonchev–Trinajstić information content (AvgIpc) is 3.75. The van der Waals surface area contributed by atoms with E-state index >= 15 is 0 Å². The van der Waals surface area contributed by atoms with Crippen LogP contribution in [0, 0.1) is 0 Å². The van der Waals surface area contributed by atoms with Gasteiger partial charge in [0.1, 0.15) is 0 Å². The molecule has 0 unspecified atom stereocenters. The Morgan fingerprint density at radius 1 is 0.385 bits per heavy atom. The van der Waals surface area contributed by atoms with Crippen LogP contribution in [0.5, 0.6) is 0 Å². The van der Waals surface area contributed by atoms with Crippen molar-refractivity contribution in [1.29, 1.82) is 0 Å². The first-order valence-corrected chi connectivity index (χ1v) is 24.2. The third-order valence-corrected chi connectivity index (χ3v) is 16.4. The summed E-state index contributed by atoms with van der Waals surface area (Å²) in [5.74, 6) is 0. The van der Waals surface area contributed by atoms with E-state index in [1.807, 2.05) is 0 Å². The van der Waals surface area contributed by atoms with Crippen molar-refractivity contribution in [3.63, 3.8) is 0 Å². The molecule has 0 atom stereocenters. The number of rotatable bonds is 6. The van der Waals surface area contributed by atoms with E-state index in [2.05, 4.69) is 222 Å². The third-order valence-electron chi connectivity index (χ3n) is 16.4. The standard InChI is InChI=1S/C64H59N/c1-61(2)37-38-62(3,4)60-50(30-20-33-55(60)61)52-40-51-48-29-16-18-32-54(48)64(43-23-9-7-10-24-43,44-25-11-8-12-26-44)57(51)41-59(52)65(58-34-19-22-42-21-13-14-27-46(42)58)45-35-36-49-47-28-15-17-31-53(47)63(5,6)56(49)39-45/h7-12,15-20,22-26,28-36,39-41H,13-14,21,27,37-38H2,1-6H3. The zero-order chi connectivity index (χ0) is 44.3. The molecular weight excluding hydrogens is 783 g/mol. The van der Waals surface area contributed by atoms with Crippen LogP contribution in [-0.2, 0) is 34.5 Å². The summed E-state index contributed by atoms with van der Waals surface area (Å²) in [5, 5.41) is 0. The first-order chi connectivity index (χ1) is 31.5. The van der Waals surface area contributed by atoms with Gasteiger partial charge in [-0.15, -0.1) is 0 Å². The number of anilines is 3. The normalized spacial score (nSPS) is 17.5. The van der Waals surface area contributed by atoms with Crippen LogP contribution in [0.15, 0.2) is 176 Å². The molecule has 0 N–H and O–H groups in total. The molecule has 1 heteroatoms. The van der Waals surface area contributed by atoms with Crippen molar-refractivity contribution in [2.75, 3.05) is 4.90 Å². The fourth-order valence-electron chi connectivity index (χ4n) is 13.0. The topological polar surface area (TPSA) is 3.24 Å². The van der Waals surface area contributed by atoms with Crippen LogP contribution in [0.1, 0.15) is 123 Å². The maximum atomic E-state index is 2.71. The second-order valence-electron chi connectivity index (χ2n) is 21.3. The summed E-state index contributed by atoms with van der Waals surface area (Å²) in [4.78, 5) is 2.71. The summed E-state index contributed by atoms with van der Waals surface area (Å²) in [6, 6.07) is 68.1. The van der Waals surface area contributed by atoms with Gasteiger partial charge in [-0.05, 0) is 163 Å². The minimum Gasteiger partial charge on any atom is -0.310 e. The Morgan fingerprint density at radius 2 is 0.969 bits per heavy atom. The van der Waals surface area contributed by atoms with Gasteiger partial charge in [0.25, 0.3) is 0 Å². The van der Waals surface area contributed by atoms with Gasteiger partial charge in [0.05, 0.1) is 11.1 Å². The van der Waals surface area contributed by atoms with Crippen molar-refractivity contribution < 1.29 is 0 Å². The summed E-state index contributed by atoms with van der Waals surface area (Å²) in [7, 11) is 0. The van der Waals surface area contributed by atoms with Gasteiger partial charge < -0.3 is 4.90 Å². The van der Waals surface area contributed by atoms with Crippen molar-refractivity contribution in [3.8, 4) is 33.4 Å². The summed E-state index contributed by atoms with van der Waals surface area (Å²) in [5.41, 5.74) is 25.2. The van der Waals surface area contributed by atoms with E-state index in [0.29, 0.717) is 0 Å². The second kappa shape index (κ2) is 14.5. The highest BCUT2D eigenvalue weighted by atomic mass is 15.1. The minimum absolute atomic E-state index is 0.00636. The van der Waals surface area contributed by atoms with E-state index in [-0.39, 0.29) is 16.2 Å². The quantitative estimate of drug-likeness (QED) is 0.161. The number of benzene rings is 8. The Labute approximate surface area is 386 Å². The molecule has 0 saturated heterocycles. The predicted octanol–water partition coefficient (Wildman–Crippen LogP) is 16.7. The summed E-state index contributed by atoms with van der Waals surface area (Å²) in [6.45, 7) is 14.8. The number of hydrogen-bond acceptors (Lipinski definition) is 1. The Bertz CT molecular complexity index is 3140. The third kappa shape index (κ3) is 5.83. The van der Waals surface area contributed by atoms with E-state index in [9.17, 15) is 0 Å². The molecule has 0 bridgehead atoms.